The molecule has 3 N–H and O–H groups in total. The number of H-pyrrole nitrogens is 2. The van der Waals surface area contributed by atoms with Gasteiger partial charge in [0, 0.05) is 26.1 Å². The molecule has 4 heterocycles. The fourth-order valence-electron chi connectivity index (χ4n) is 4.19. The van der Waals surface area contributed by atoms with Gasteiger partial charge in [-0.05, 0) is 25.7 Å². The van der Waals surface area contributed by atoms with E-state index in [1.165, 1.54) is 26.4 Å². The van der Waals surface area contributed by atoms with E-state index in [1.54, 1.807) is 9.13 Å². The third-order valence-electron chi connectivity index (χ3n) is 6.29. The van der Waals surface area contributed by atoms with Crippen molar-refractivity contribution in [1.29, 1.82) is 0 Å². The number of amides is 1. The van der Waals surface area contributed by atoms with E-state index in [1.807, 2.05) is 27.7 Å². The van der Waals surface area contributed by atoms with E-state index in [-0.39, 0.29) is 46.5 Å². The summed E-state index contributed by atoms with van der Waals surface area (Å²) in [6.07, 6.45) is 6.16. The van der Waals surface area contributed by atoms with Crippen LogP contribution in [0.25, 0.3) is 22.6 Å². The van der Waals surface area contributed by atoms with E-state index in [2.05, 4.69) is 35.2 Å². The summed E-state index contributed by atoms with van der Waals surface area (Å²) in [5.41, 5.74) is 1.72. The molecule has 198 valence electrons. The molecule has 0 aromatic carbocycles. The van der Waals surface area contributed by atoms with Gasteiger partial charge in [-0.1, -0.05) is 27.7 Å². The molecule has 0 bridgehead atoms. The topological polar surface area (TPSA) is 173 Å². The lowest BCUT2D eigenvalue weighted by Crippen LogP contribution is -2.22. The van der Waals surface area contributed by atoms with E-state index < -0.39 is 0 Å². The molecule has 0 spiro atoms. The summed E-state index contributed by atoms with van der Waals surface area (Å²) in [7, 11) is 1.52. The first-order valence-corrected chi connectivity index (χ1v) is 12.4. The van der Waals surface area contributed by atoms with Crippen LogP contribution in [-0.4, -0.2) is 57.8 Å². The van der Waals surface area contributed by atoms with Gasteiger partial charge >= 0.3 is 11.4 Å². The largest absolute Gasteiger partial charge is 0.354 e. The average molecular weight is 512 g/mol. The van der Waals surface area contributed by atoms with Crippen molar-refractivity contribution in [2.75, 3.05) is 7.05 Å². The number of ketones is 1. The number of aromatic nitrogens is 8. The van der Waals surface area contributed by atoms with Crippen molar-refractivity contribution in [2.45, 2.75) is 72.4 Å². The number of imidazole rings is 2. The third-order valence-corrected chi connectivity index (χ3v) is 6.29. The van der Waals surface area contributed by atoms with Gasteiger partial charge in [-0.2, -0.15) is 0 Å². The molecular weight excluding hydrogens is 478 g/mol. The molecule has 0 aliphatic rings. The summed E-state index contributed by atoms with van der Waals surface area (Å²) in [5.74, 6) is -0.494. The highest BCUT2D eigenvalue weighted by Gasteiger charge is 2.18. The standard InChI is InChI=1S/C12H17N5O2.C12H16N4O2/c1-4-7(5-2)17-10-9(16-12(17)19)15-8(6-14-10)11(18)13-3;1-4-8(5-2)16-11-10(15-12(16)18)14-9(6-13-11)7(3)17/h6-7H,4-5H2,1-3H3,(H,13,18)(H,15,16,19);6,8H,4-5H2,1-3H3,(H,14,15,18). The van der Waals surface area contributed by atoms with E-state index >= 15 is 0 Å². The van der Waals surface area contributed by atoms with Crippen molar-refractivity contribution in [3.8, 4) is 0 Å². The van der Waals surface area contributed by atoms with Crippen LogP contribution in [0.3, 0.4) is 0 Å². The Morgan fingerprint density at radius 2 is 1.22 bits per heavy atom. The Morgan fingerprint density at radius 1 is 0.811 bits per heavy atom. The lowest BCUT2D eigenvalue weighted by Gasteiger charge is -2.13. The second kappa shape index (κ2) is 11.7. The van der Waals surface area contributed by atoms with Crippen molar-refractivity contribution < 1.29 is 9.59 Å². The number of nitrogens with one attached hydrogen (secondary N) is 3. The number of hydrogen-bond acceptors (Lipinski definition) is 8. The summed E-state index contributed by atoms with van der Waals surface area (Å²) in [6, 6.07) is 0.185. The number of carbonyl (C=O) groups excluding carboxylic acids is 2. The summed E-state index contributed by atoms with van der Waals surface area (Å²) >= 11 is 0. The Morgan fingerprint density at radius 3 is 1.59 bits per heavy atom. The van der Waals surface area contributed by atoms with Crippen LogP contribution >= 0.6 is 0 Å². The molecule has 0 fully saturated rings. The number of fused-ring (bicyclic) bond motifs is 2. The minimum atomic E-state index is -0.328. The first-order chi connectivity index (χ1) is 17.7. The van der Waals surface area contributed by atoms with Crippen molar-refractivity contribution in [3.63, 3.8) is 0 Å². The molecule has 4 rings (SSSR count). The predicted molar refractivity (Wildman–Crippen MR) is 139 cm³/mol. The molecule has 0 unspecified atom stereocenters. The van der Waals surface area contributed by atoms with Gasteiger partial charge in [0.05, 0.1) is 12.4 Å². The van der Waals surface area contributed by atoms with Crippen LogP contribution in [-0.2, 0) is 0 Å². The van der Waals surface area contributed by atoms with Gasteiger partial charge in [-0.25, -0.2) is 29.5 Å². The zero-order chi connectivity index (χ0) is 27.3. The Balaban J connectivity index is 0.000000206. The Labute approximate surface area is 212 Å². The van der Waals surface area contributed by atoms with Crippen LogP contribution in [0.4, 0.5) is 0 Å². The smallest absolute Gasteiger partial charge is 0.329 e. The Bertz CT molecular complexity index is 1520. The number of Topliss-reactive ketones (excluding diaryl/α,β-unsaturated/α-hetero) is 1. The van der Waals surface area contributed by atoms with Crippen LogP contribution in [0.2, 0.25) is 0 Å². The van der Waals surface area contributed by atoms with Crippen molar-refractivity contribution in [3.05, 3.63) is 44.8 Å². The molecule has 0 aliphatic carbocycles. The van der Waals surface area contributed by atoms with E-state index in [4.69, 9.17) is 0 Å². The van der Waals surface area contributed by atoms with Crippen molar-refractivity contribution in [2.24, 2.45) is 0 Å². The molecule has 0 aliphatic heterocycles. The van der Waals surface area contributed by atoms with Gasteiger partial charge in [0.15, 0.2) is 28.4 Å². The average Bonchev–Trinajstić information content (AvgIpc) is 3.40. The molecule has 13 heteroatoms. The number of nitrogens with zero attached hydrogens (tertiary/aromatic N) is 6. The molecule has 0 saturated heterocycles. The zero-order valence-electron chi connectivity index (χ0n) is 22.0. The monoisotopic (exact) mass is 511 g/mol. The van der Waals surface area contributed by atoms with Gasteiger partial charge in [-0.15, -0.1) is 0 Å². The highest BCUT2D eigenvalue weighted by molar-refractivity contribution is 5.93. The third kappa shape index (κ3) is 5.49. The minimum Gasteiger partial charge on any atom is -0.354 e. The second-order valence-corrected chi connectivity index (χ2v) is 8.53. The second-order valence-electron chi connectivity index (χ2n) is 8.53. The number of aromatic amines is 2. The molecule has 4 aromatic heterocycles. The van der Waals surface area contributed by atoms with Crippen LogP contribution in [0.5, 0.6) is 0 Å². The van der Waals surface area contributed by atoms with E-state index in [9.17, 15) is 19.2 Å². The SMILES string of the molecule is CCC(CC)n1c(=O)[nH]c2nc(C(=O)NC)cnc21.CCC(CC)n1c(=O)[nH]c2nc(C(C)=O)cnc21. The van der Waals surface area contributed by atoms with E-state index in [0.29, 0.717) is 22.6 Å². The quantitative estimate of drug-likeness (QED) is 0.303. The van der Waals surface area contributed by atoms with Crippen LogP contribution in [0.15, 0.2) is 22.0 Å². The maximum absolute atomic E-state index is 12.0. The van der Waals surface area contributed by atoms with Gasteiger partial charge < -0.3 is 5.32 Å². The molecule has 1 amide bonds. The van der Waals surface area contributed by atoms with E-state index in [0.717, 1.165) is 25.7 Å². The molecule has 4 aromatic rings. The predicted octanol–water partition coefficient (Wildman–Crippen LogP) is 2.52. The first-order valence-electron chi connectivity index (χ1n) is 12.4. The fourth-order valence-corrected chi connectivity index (χ4v) is 4.19. The van der Waals surface area contributed by atoms with Crippen LogP contribution in [0, 0.1) is 0 Å². The molecule has 0 atom stereocenters. The summed E-state index contributed by atoms with van der Waals surface area (Å²) in [6.45, 7) is 9.51. The maximum Gasteiger partial charge on any atom is 0.329 e. The zero-order valence-corrected chi connectivity index (χ0v) is 22.0. The lowest BCUT2D eigenvalue weighted by atomic mass is 10.2. The lowest BCUT2D eigenvalue weighted by molar-refractivity contribution is 0.0957. The molecule has 0 radical (unpaired) electrons. The molecule has 37 heavy (non-hydrogen) atoms. The first kappa shape index (κ1) is 27.4. The summed E-state index contributed by atoms with van der Waals surface area (Å²) < 4.78 is 3.22. The van der Waals surface area contributed by atoms with Gasteiger partial charge in [-0.3, -0.25) is 28.7 Å². The highest BCUT2D eigenvalue weighted by atomic mass is 16.2. The fraction of sp³-hybridized carbons (Fsp3) is 0.500. The molecule has 13 nitrogen and oxygen atoms in total. The minimum absolute atomic E-state index is 0.0846. The van der Waals surface area contributed by atoms with Crippen molar-refractivity contribution >= 4 is 34.3 Å². The summed E-state index contributed by atoms with van der Waals surface area (Å²) in [4.78, 5) is 68.5. The Kier molecular flexibility index (Phi) is 8.69. The number of carbonyl (C=O) groups is 2. The van der Waals surface area contributed by atoms with Crippen molar-refractivity contribution in [1.82, 2.24) is 44.4 Å². The Hall–Kier alpha value is -4.16. The normalized spacial score (nSPS) is 11.2. The van der Waals surface area contributed by atoms with Gasteiger partial charge in [0.25, 0.3) is 5.91 Å². The van der Waals surface area contributed by atoms with Gasteiger partial charge in [0.1, 0.15) is 11.4 Å². The number of rotatable bonds is 8. The molecular formula is C24H33N9O4. The van der Waals surface area contributed by atoms with Gasteiger partial charge in [0.2, 0.25) is 0 Å². The maximum atomic E-state index is 12.0. The molecule has 0 saturated carbocycles. The summed E-state index contributed by atoms with van der Waals surface area (Å²) in [5, 5.41) is 2.47. The highest BCUT2D eigenvalue weighted by Crippen LogP contribution is 2.18. The van der Waals surface area contributed by atoms with Crippen LogP contribution in [0.1, 0.15) is 93.4 Å². The number of hydrogen-bond donors (Lipinski definition) is 3. The van der Waals surface area contributed by atoms with Crippen LogP contribution < -0.4 is 16.7 Å².